The summed E-state index contributed by atoms with van der Waals surface area (Å²) in [6.07, 6.45) is 7.35. The second-order valence-corrected chi connectivity index (χ2v) is 21.1. The molecule has 0 radical (unpaired) electrons. The lowest BCUT2D eigenvalue weighted by atomic mass is 10.2. The maximum Gasteiger partial charge on any atom is 0.170 e. The molecule has 0 saturated carbocycles. The van der Waals surface area contributed by atoms with Gasteiger partial charge in [0, 0.05) is 47.8 Å². The van der Waals surface area contributed by atoms with Gasteiger partial charge in [-0.25, -0.2) is 45.6 Å². The first kappa shape index (κ1) is 54.5. The van der Waals surface area contributed by atoms with Gasteiger partial charge in [-0.15, -0.1) is 20.4 Å². The Hall–Kier alpha value is -7.86. The predicted molar refractivity (Wildman–Crippen MR) is 267 cm³/mol. The van der Waals surface area contributed by atoms with Crippen LogP contribution in [-0.2, 0) is 44.0 Å². The molecule has 384 valence electrons. The Morgan fingerprint density at radius 1 is 0.493 bits per heavy atom. The van der Waals surface area contributed by atoms with Crippen LogP contribution in [0.25, 0.3) is 34.2 Å². The van der Waals surface area contributed by atoms with E-state index >= 15 is 0 Å². The van der Waals surface area contributed by atoms with E-state index in [1.165, 1.54) is 28.4 Å². The molecule has 0 aliphatic carbocycles. The molecule has 0 N–H and O–H groups in total. The van der Waals surface area contributed by atoms with Crippen molar-refractivity contribution in [3.8, 4) is 57.1 Å². The number of hydrogen-bond acceptors (Lipinski definition) is 18. The molecule has 6 heterocycles. The molecule has 0 bridgehead atoms. The number of benzene rings is 2. The summed E-state index contributed by atoms with van der Waals surface area (Å²) in [7, 11) is -1.48. The topological polar surface area (TPSA) is 244 Å². The number of sulfone groups is 2. The van der Waals surface area contributed by atoms with Crippen LogP contribution < -0.4 is 18.9 Å². The van der Waals surface area contributed by atoms with Gasteiger partial charge in [-0.05, 0) is 76.2 Å². The van der Waals surface area contributed by atoms with Gasteiger partial charge in [-0.1, -0.05) is 19.6 Å². The van der Waals surface area contributed by atoms with Crippen LogP contribution in [0.4, 0.5) is 8.78 Å². The third kappa shape index (κ3) is 12.6. The van der Waals surface area contributed by atoms with Gasteiger partial charge in [0.2, 0.25) is 0 Å². The van der Waals surface area contributed by atoms with Crippen LogP contribution in [0.15, 0.2) is 97.8 Å². The van der Waals surface area contributed by atoms with E-state index in [1.807, 2.05) is 38.1 Å². The van der Waals surface area contributed by atoms with Crippen LogP contribution in [0.1, 0.15) is 56.0 Å². The monoisotopic (exact) mass is 1040 g/mol. The van der Waals surface area contributed by atoms with Gasteiger partial charge in [0.05, 0.1) is 63.7 Å². The Kier molecular flexibility index (Phi) is 17.6. The molecule has 8 aromatic rings. The first-order chi connectivity index (χ1) is 34.5. The number of nitrogens with zero attached hydrogens (tertiary/aromatic N) is 12. The Balaban J connectivity index is 0.000000235. The maximum atomic E-state index is 13.4. The van der Waals surface area contributed by atoms with E-state index in [0.29, 0.717) is 57.1 Å². The zero-order valence-corrected chi connectivity index (χ0v) is 42.1. The van der Waals surface area contributed by atoms with Crippen LogP contribution in [0.5, 0.6) is 23.0 Å². The number of halogens is 2. The third-order valence-electron chi connectivity index (χ3n) is 11.2. The lowest BCUT2D eigenvalue weighted by Gasteiger charge is -2.18. The highest BCUT2D eigenvalue weighted by Gasteiger charge is 2.31. The largest absolute Gasteiger partial charge is 0.494 e. The minimum Gasteiger partial charge on any atom is -0.494 e. The van der Waals surface area contributed by atoms with Crippen molar-refractivity contribution in [1.82, 2.24) is 59.4 Å². The fourth-order valence-corrected chi connectivity index (χ4v) is 9.74. The number of aromatic nitrogens is 12. The number of methoxy groups -OCH3 is 4. The standard InChI is InChI=1S/2C24H25FN6O4S.CH4/c2*1-15-8-9-17(11-26-15)24-30-29-22(31(24)23-19(34-3)6-5-7-20(23)35-4)14-36(32,33)16(2)10-21-27-12-18(25)13-28-21;/h2*5-9,11-13,16H,10,14H2,1-4H3;1H4/t2*16-;/m10./s1. The SMILES string of the molecule is C.COc1cccc(OC)c1-n1c(CS(=O)(=O)[C@@H](C)Cc2ncc(F)cn2)nnc1-c1ccc(C)nc1.COc1cccc(OC)c1-n1c(CS(=O)(=O)[C@H](C)Cc2ncc(F)cn2)nnc1-c1ccc(C)nc1. The van der Waals surface area contributed by atoms with Gasteiger partial charge in [0.15, 0.2) is 54.6 Å². The molecule has 2 atom stereocenters. The molecule has 6 aromatic heterocycles. The summed E-state index contributed by atoms with van der Waals surface area (Å²) in [4.78, 5) is 24.2. The number of aryl methyl sites for hydroxylation is 2. The zero-order valence-electron chi connectivity index (χ0n) is 40.4. The Labute approximate surface area is 421 Å². The Morgan fingerprint density at radius 2 is 0.822 bits per heavy atom. The van der Waals surface area contributed by atoms with Crippen LogP contribution in [0.3, 0.4) is 0 Å². The van der Waals surface area contributed by atoms with Crippen molar-refractivity contribution >= 4 is 19.7 Å². The van der Waals surface area contributed by atoms with Crippen LogP contribution in [0, 0.1) is 25.5 Å². The highest BCUT2D eigenvalue weighted by molar-refractivity contribution is 7.91. The summed E-state index contributed by atoms with van der Waals surface area (Å²) < 4.78 is 105. The quantitative estimate of drug-likeness (QED) is 0.0848. The Bertz CT molecular complexity index is 3100. The van der Waals surface area contributed by atoms with Gasteiger partial charge in [0.25, 0.3) is 0 Å². The molecule has 0 aliphatic rings. The molecule has 0 aliphatic heterocycles. The van der Waals surface area contributed by atoms with Crippen molar-refractivity contribution < 1.29 is 44.6 Å². The second-order valence-electron chi connectivity index (χ2n) is 16.2. The van der Waals surface area contributed by atoms with E-state index < -0.39 is 53.3 Å². The van der Waals surface area contributed by atoms with E-state index in [2.05, 4.69) is 50.3 Å². The summed E-state index contributed by atoms with van der Waals surface area (Å²) >= 11 is 0. The number of hydrogen-bond donors (Lipinski definition) is 0. The van der Waals surface area contributed by atoms with E-state index in [0.717, 1.165) is 36.2 Å². The van der Waals surface area contributed by atoms with E-state index in [9.17, 15) is 25.6 Å². The highest BCUT2D eigenvalue weighted by atomic mass is 32.2. The average molecular weight is 1040 g/mol. The summed E-state index contributed by atoms with van der Waals surface area (Å²) in [5.41, 5.74) is 3.83. The van der Waals surface area contributed by atoms with Crippen molar-refractivity contribution in [3.05, 3.63) is 144 Å². The smallest absolute Gasteiger partial charge is 0.170 e. The number of pyridine rings is 2. The highest BCUT2D eigenvalue weighted by Crippen LogP contribution is 2.38. The van der Waals surface area contributed by atoms with Gasteiger partial charge in [-0.2, -0.15) is 0 Å². The first-order valence-corrected chi connectivity index (χ1v) is 25.4. The van der Waals surface area contributed by atoms with Gasteiger partial charge in [0.1, 0.15) is 57.5 Å². The van der Waals surface area contributed by atoms with Crippen LogP contribution in [0.2, 0.25) is 0 Å². The van der Waals surface area contributed by atoms with Gasteiger partial charge in [-0.3, -0.25) is 19.1 Å². The van der Waals surface area contributed by atoms with Crippen LogP contribution in [-0.4, -0.2) is 115 Å². The van der Waals surface area contributed by atoms with Crippen molar-refractivity contribution in [2.24, 2.45) is 0 Å². The summed E-state index contributed by atoms with van der Waals surface area (Å²) in [6, 6.07) is 17.8. The van der Waals surface area contributed by atoms with Crippen LogP contribution >= 0.6 is 0 Å². The fraction of sp³-hybridized carbons (Fsp3) is 0.306. The summed E-state index contributed by atoms with van der Waals surface area (Å²) in [5.74, 6) is 1.30. The molecular formula is C49H54F2N12O8S2. The van der Waals surface area contributed by atoms with Gasteiger partial charge < -0.3 is 18.9 Å². The first-order valence-electron chi connectivity index (χ1n) is 22.0. The second kappa shape index (κ2) is 23.6. The molecule has 8 rings (SSSR count). The third-order valence-corrected chi connectivity index (χ3v) is 15.3. The number of ether oxygens (including phenoxy) is 4. The van der Waals surface area contributed by atoms with Crippen molar-refractivity contribution in [1.29, 1.82) is 0 Å². The Morgan fingerprint density at radius 3 is 1.11 bits per heavy atom. The number of rotatable bonds is 18. The van der Waals surface area contributed by atoms with E-state index in [4.69, 9.17) is 18.9 Å². The molecule has 24 heteroatoms. The van der Waals surface area contributed by atoms with E-state index in [1.54, 1.807) is 71.8 Å². The molecule has 20 nitrogen and oxygen atoms in total. The van der Waals surface area contributed by atoms with Crippen molar-refractivity contribution in [2.45, 2.75) is 70.0 Å². The van der Waals surface area contributed by atoms with Gasteiger partial charge >= 0.3 is 0 Å². The lowest BCUT2D eigenvalue weighted by Crippen LogP contribution is -2.24. The normalized spacial score (nSPS) is 12.2. The molecule has 73 heavy (non-hydrogen) atoms. The molecular weight excluding hydrogens is 987 g/mol. The minimum absolute atomic E-state index is 0. The van der Waals surface area contributed by atoms with Crippen molar-refractivity contribution in [3.63, 3.8) is 0 Å². The average Bonchev–Trinajstić information content (AvgIpc) is 3.98. The molecule has 0 unspecified atom stereocenters. The molecule has 0 amide bonds. The fourth-order valence-electron chi connectivity index (χ4n) is 7.27. The molecule has 0 saturated heterocycles. The van der Waals surface area contributed by atoms with E-state index in [-0.39, 0.29) is 43.6 Å². The lowest BCUT2D eigenvalue weighted by molar-refractivity contribution is 0.390. The summed E-state index contributed by atoms with van der Waals surface area (Å²) in [5, 5.41) is 15.4. The maximum absolute atomic E-state index is 13.4. The number of para-hydroxylation sites is 2. The predicted octanol–water partition coefficient (Wildman–Crippen LogP) is 6.90. The molecule has 0 spiro atoms. The zero-order chi connectivity index (χ0) is 51.7. The minimum atomic E-state index is -3.76. The van der Waals surface area contributed by atoms with Crippen molar-refractivity contribution in [2.75, 3.05) is 28.4 Å². The molecule has 2 aromatic carbocycles. The summed E-state index contributed by atoms with van der Waals surface area (Å²) in [6.45, 7) is 6.83. The molecule has 0 fully saturated rings.